The van der Waals surface area contributed by atoms with Crippen molar-refractivity contribution in [3.63, 3.8) is 0 Å². The number of halogens is 4. The van der Waals surface area contributed by atoms with Gasteiger partial charge in [0.05, 0.1) is 5.02 Å². The molecule has 0 nitrogen and oxygen atoms in total. The molecule has 0 spiro atoms. The highest BCUT2D eigenvalue weighted by atomic mass is 79.9. The molecule has 4 heteroatoms. The summed E-state index contributed by atoms with van der Waals surface area (Å²) in [4.78, 5) is 0. The Morgan fingerprint density at radius 1 is 1.11 bits per heavy atom. The van der Waals surface area contributed by atoms with Gasteiger partial charge in [-0.25, -0.2) is 4.39 Å². The summed E-state index contributed by atoms with van der Waals surface area (Å²) in [5.74, 6) is -0.177. The first kappa shape index (κ1) is 14.8. The lowest BCUT2D eigenvalue weighted by molar-refractivity contribution is 0.600. The van der Waals surface area contributed by atoms with Crippen LogP contribution in [0.4, 0.5) is 4.39 Å². The molecule has 0 amide bonds. The summed E-state index contributed by atoms with van der Waals surface area (Å²) in [7, 11) is 0. The zero-order valence-corrected chi connectivity index (χ0v) is 13.1. The molecule has 0 N–H and O–H groups in total. The average Bonchev–Trinajstić information content (AvgIpc) is 2.40. The highest BCUT2D eigenvalue weighted by Crippen LogP contribution is 2.28. The van der Waals surface area contributed by atoms with Crippen molar-refractivity contribution in [2.24, 2.45) is 0 Å². The molecule has 0 fully saturated rings. The first-order valence-electron chi connectivity index (χ1n) is 5.86. The van der Waals surface area contributed by atoms with Crippen LogP contribution in [0.15, 0.2) is 42.5 Å². The normalized spacial score (nSPS) is 12.4. The van der Waals surface area contributed by atoms with Crippen molar-refractivity contribution < 1.29 is 4.39 Å². The van der Waals surface area contributed by atoms with E-state index in [2.05, 4.69) is 15.9 Å². The smallest absolute Gasteiger partial charge is 0.144 e. The summed E-state index contributed by atoms with van der Waals surface area (Å²) < 4.78 is 13.9. The number of rotatable bonds is 4. The van der Waals surface area contributed by atoms with E-state index in [1.54, 1.807) is 18.2 Å². The van der Waals surface area contributed by atoms with Crippen LogP contribution in [0.2, 0.25) is 10.0 Å². The molecule has 0 bridgehead atoms. The zero-order chi connectivity index (χ0) is 13.8. The van der Waals surface area contributed by atoms with Crippen LogP contribution in [0.5, 0.6) is 0 Å². The fourth-order valence-electron chi connectivity index (χ4n) is 1.99. The Kier molecular flexibility index (Phi) is 5.26. The second kappa shape index (κ2) is 6.74. The zero-order valence-electron chi connectivity index (χ0n) is 10.0. The minimum atomic E-state index is -0.336. The first-order chi connectivity index (χ1) is 9.11. The summed E-state index contributed by atoms with van der Waals surface area (Å²) in [5.41, 5.74) is 1.71. The molecule has 0 radical (unpaired) electrons. The van der Waals surface area contributed by atoms with Gasteiger partial charge in [-0.2, -0.15) is 0 Å². The van der Waals surface area contributed by atoms with Crippen LogP contribution in [0.1, 0.15) is 17.0 Å². The van der Waals surface area contributed by atoms with E-state index in [1.165, 1.54) is 0 Å². The van der Waals surface area contributed by atoms with E-state index < -0.39 is 0 Å². The minimum Gasteiger partial charge on any atom is -0.205 e. The molecule has 1 atom stereocenters. The number of hydrogen-bond donors (Lipinski definition) is 0. The van der Waals surface area contributed by atoms with Gasteiger partial charge in [0.1, 0.15) is 5.82 Å². The fraction of sp³-hybridized carbons (Fsp3) is 0.200. The van der Waals surface area contributed by atoms with Crippen LogP contribution in [0, 0.1) is 5.82 Å². The standard InChI is InChI=1S/C15H12BrCl2F/c16-9-12(10-3-1-5-13(17)8-10)7-11-4-2-6-14(18)15(11)19/h1-6,8,12H,7,9H2. The predicted octanol–water partition coefficient (Wildman–Crippen LogP) is 5.85. The van der Waals surface area contributed by atoms with E-state index in [0.29, 0.717) is 17.0 Å². The van der Waals surface area contributed by atoms with Crippen molar-refractivity contribution in [1.29, 1.82) is 0 Å². The topological polar surface area (TPSA) is 0 Å². The Morgan fingerprint density at radius 3 is 2.53 bits per heavy atom. The van der Waals surface area contributed by atoms with Crippen molar-refractivity contribution in [3.05, 3.63) is 69.5 Å². The SMILES string of the molecule is Fc1c(Cl)cccc1CC(CBr)c1cccc(Cl)c1. The molecule has 2 aromatic carbocycles. The molecular weight excluding hydrogens is 350 g/mol. The van der Waals surface area contributed by atoms with Gasteiger partial charge >= 0.3 is 0 Å². The first-order valence-corrected chi connectivity index (χ1v) is 7.74. The Hall–Kier alpha value is -0.570. The van der Waals surface area contributed by atoms with Crippen LogP contribution < -0.4 is 0 Å². The summed E-state index contributed by atoms with van der Waals surface area (Å²) >= 11 is 15.3. The van der Waals surface area contributed by atoms with Crippen molar-refractivity contribution in [2.75, 3.05) is 5.33 Å². The van der Waals surface area contributed by atoms with Crippen LogP contribution in [-0.4, -0.2) is 5.33 Å². The highest BCUT2D eigenvalue weighted by Gasteiger charge is 2.15. The Labute approximate surface area is 130 Å². The molecule has 2 rings (SSSR count). The third kappa shape index (κ3) is 3.71. The maximum atomic E-state index is 13.9. The van der Waals surface area contributed by atoms with Gasteiger partial charge in [-0.1, -0.05) is 63.4 Å². The Morgan fingerprint density at radius 2 is 1.84 bits per heavy atom. The third-order valence-corrected chi connectivity index (χ3v) is 4.31. The van der Waals surface area contributed by atoms with Gasteiger partial charge in [0.25, 0.3) is 0 Å². The number of benzene rings is 2. The van der Waals surface area contributed by atoms with Crippen LogP contribution in [0.3, 0.4) is 0 Å². The van der Waals surface area contributed by atoms with Gasteiger partial charge in [0.15, 0.2) is 0 Å². The molecule has 0 heterocycles. The van der Waals surface area contributed by atoms with Gasteiger partial charge in [0, 0.05) is 10.4 Å². The molecular formula is C15H12BrCl2F. The lowest BCUT2D eigenvalue weighted by atomic mass is 9.93. The second-order valence-electron chi connectivity index (χ2n) is 4.32. The van der Waals surface area contributed by atoms with E-state index in [1.807, 2.05) is 24.3 Å². The van der Waals surface area contributed by atoms with E-state index >= 15 is 0 Å². The number of alkyl halides is 1. The van der Waals surface area contributed by atoms with Crippen LogP contribution >= 0.6 is 39.1 Å². The average molecular weight is 362 g/mol. The summed E-state index contributed by atoms with van der Waals surface area (Å²) in [6.07, 6.45) is 0.581. The summed E-state index contributed by atoms with van der Waals surface area (Å²) in [5, 5.41) is 1.59. The molecule has 100 valence electrons. The van der Waals surface area contributed by atoms with E-state index in [0.717, 1.165) is 10.9 Å². The van der Waals surface area contributed by atoms with Crippen molar-refractivity contribution in [1.82, 2.24) is 0 Å². The monoisotopic (exact) mass is 360 g/mol. The molecule has 1 unspecified atom stereocenters. The lowest BCUT2D eigenvalue weighted by Gasteiger charge is -2.15. The van der Waals surface area contributed by atoms with Gasteiger partial charge in [-0.15, -0.1) is 0 Å². The lowest BCUT2D eigenvalue weighted by Crippen LogP contribution is -2.06. The summed E-state index contributed by atoms with van der Waals surface area (Å²) in [6.45, 7) is 0. The van der Waals surface area contributed by atoms with Gasteiger partial charge in [-0.05, 0) is 41.7 Å². The molecule has 0 aliphatic carbocycles. The van der Waals surface area contributed by atoms with Crippen molar-refractivity contribution in [2.45, 2.75) is 12.3 Å². The second-order valence-corrected chi connectivity index (χ2v) is 5.81. The molecule has 0 saturated heterocycles. The fourth-order valence-corrected chi connectivity index (χ4v) is 2.99. The van der Waals surface area contributed by atoms with Crippen molar-refractivity contribution in [3.8, 4) is 0 Å². The largest absolute Gasteiger partial charge is 0.205 e. The minimum absolute atomic E-state index is 0.159. The van der Waals surface area contributed by atoms with E-state index in [4.69, 9.17) is 23.2 Å². The molecule has 0 aliphatic rings. The van der Waals surface area contributed by atoms with Crippen molar-refractivity contribution >= 4 is 39.1 Å². The van der Waals surface area contributed by atoms with Gasteiger partial charge < -0.3 is 0 Å². The van der Waals surface area contributed by atoms with Crippen LogP contribution in [-0.2, 0) is 6.42 Å². The molecule has 0 aromatic heterocycles. The van der Waals surface area contributed by atoms with E-state index in [9.17, 15) is 4.39 Å². The number of hydrogen-bond acceptors (Lipinski definition) is 0. The highest BCUT2D eigenvalue weighted by molar-refractivity contribution is 9.09. The quantitative estimate of drug-likeness (QED) is 0.599. The molecule has 2 aromatic rings. The maximum absolute atomic E-state index is 13.9. The Bertz CT molecular complexity index is 572. The predicted molar refractivity (Wildman–Crippen MR) is 83.1 cm³/mol. The maximum Gasteiger partial charge on any atom is 0.144 e. The van der Waals surface area contributed by atoms with E-state index in [-0.39, 0.29) is 16.8 Å². The van der Waals surface area contributed by atoms with Crippen LogP contribution in [0.25, 0.3) is 0 Å². The molecule has 0 aliphatic heterocycles. The molecule has 19 heavy (non-hydrogen) atoms. The van der Waals surface area contributed by atoms with Gasteiger partial charge in [0.2, 0.25) is 0 Å². The van der Waals surface area contributed by atoms with Gasteiger partial charge in [-0.3, -0.25) is 0 Å². The Balaban J connectivity index is 2.26. The molecule has 0 saturated carbocycles. The third-order valence-electron chi connectivity index (χ3n) is 3.00. The summed E-state index contributed by atoms with van der Waals surface area (Å²) in [6, 6.07) is 12.7.